The molecule has 5 heteroatoms. The van der Waals surface area contributed by atoms with Gasteiger partial charge in [-0.25, -0.2) is 4.79 Å². The Morgan fingerprint density at radius 3 is 2.50 bits per heavy atom. The molecule has 2 amide bonds. The predicted molar refractivity (Wildman–Crippen MR) is 78.1 cm³/mol. The molecule has 0 saturated heterocycles. The van der Waals surface area contributed by atoms with Gasteiger partial charge in [-0.05, 0) is 31.2 Å². The molecule has 0 bridgehead atoms. The van der Waals surface area contributed by atoms with E-state index in [1.54, 1.807) is 55.8 Å². The lowest BCUT2D eigenvalue weighted by atomic mass is 10.1. The number of amides is 2. The summed E-state index contributed by atoms with van der Waals surface area (Å²) in [4.78, 5) is 28.8. The van der Waals surface area contributed by atoms with Crippen molar-refractivity contribution < 1.29 is 9.59 Å². The highest BCUT2D eigenvalue weighted by molar-refractivity contribution is 6.02. The predicted octanol–water partition coefficient (Wildman–Crippen LogP) is 2.95. The van der Waals surface area contributed by atoms with Crippen molar-refractivity contribution in [1.29, 1.82) is 0 Å². The fourth-order valence-electron chi connectivity index (χ4n) is 1.71. The molecule has 0 unspecified atom stereocenters. The van der Waals surface area contributed by atoms with Crippen LogP contribution in [0.2, 0.25) is 0 Å². The SMILES string of the molecule is CC(=O)c1cccc(NC(=O)N(C)c2ccncc2)c1. The van der Waals surface area contributed by atoms with Crippen molar-refractivity contribution in [1.82, 2.24) is 4.98 Å². The monoisotopic (exact) mass is 269 g/mol. The van der Waals surface area contributed by atoms with Gasteiger partial charge in [0.1, 0.15) is 0 Å². The van der Waals surface area contributed by atoms with Crippen molar-refractivity contribution in [2.45, 2.75) is 6.92 Å². The molecule has 20 heavy (non-hydrogen) atoms. The molecule has 0 spiro atoms. The van der Waals surface area contributed by atoms with Gasteiger partial charge in [0.2, 0.25) is 0 Å². The Bertz CT molecular complexity index is 626. The maximum atomic E-state index is 12.1. The van der Waals surface area contributed by atoms with Crippen LogP contribution in [0, 0.1) is 0 Å². The standard InChI is InChI=1S/C15H15N3O2/c1-11(19)12-4-3-5-13(10-12)17-15(20)18(2)14-6-8-16-9-7-14/h3-10H,1-2H3,(H,17,20). The largest absolute Gasteiger partial charge is 0.326 e. The normalized spacial score (nSPS) is 9.90. The fraction of sp³-hybridized carbons (Fsp3) is 0.133. The van der Waals surface area contributed by atoms with Crippen molar-refractivity contribution in [3.05, 3.63) is 54.4 Å². The van der Waals surface area contributed by atoms with E-state index in [-0.39, 0.29) is 11.8 Å². The smallest absolute Gasteiger partial charge is 0.308 e. The first-order valence-electron chi connectivity index (χ1n) is 6.13. The van der Waals surface area contributed by atoms with Crippen LogP contribution in [0.5, 0.6) is 0 Å². The number of nitrogens with one attached hydrogen (secondary N) is 1. The van der Waals surface area contributed by atoms with Crippen LogP contribution in [0.25, 0.3) is 0 Å². The van der Waals surface area contributed by atoms with E-state index in [9.17, 15) is 9.59 Å². The van der Waals surface area contributed by atoms with Crippen LogP contribution >= 0.6 is 0 Å². The molecule has 0 fully saturated rings. The highest BCUT2D eigenvalue weighted by Crippen LogP contribution is 2.14. The van der Waals surface area contributed by atoms with Crippen LogP contribution in [0.15, 0.2) is 48.8 Å². The number of anilines is 2. The Kier molecular flexibility index (Phi) is 4.10. The number of rotatable bonds is 3. The van der Waals surface area contributed by atoms with Crippen LogP contribution in [-0.2, 0) is 0 Å². The number of benzene rings is 1. The van der Waals surface area contributed by atoms with Gasteiger partial charge in [-0.2, -0.15) is 0 Å². The summed E-state index contributed by atoms with van der Waals surface area (Å²) in [5.74, 6) is -0.0383. The van der Waals surface area contributed by atoms with Gasteiger partial charge in [0, 0.05) is 36.4 Å². The first-order chi connectivity index (χ1) is 9.58. The number of carbonyl (C=O) groups is 2. The molecule has 2 aromatic rings. The first kappa shape index (κ1) is 13.7. The first-order valence-corrected chi connectivity index (χ1v) is 6.13. The van der Waals surface area contributed by atoms with Crippen molar-refractivity contribution in [2.24, 2.45) is 0 Å². The lowest BCUT2D eigenvalue weighted by Crippen LogP contribution is -2.31. The topological polar surface area (TPSA) is 62.3 Å². The quantitative estimate of drug-likeness (QED) is 0.871. The fourth-order valence-corrected chi connectivity index (χ4v) is 1.71. The molecule has 0 aliphatic heterocycles. The number of ketones is 1. The number of hydrogen-bond acceptors (Lipinski definition) is 3. The van der Waals surface area contributed by atoms with Gasteiger partial charge in [0.25, 0.3) is 0 Å². The third kappa shape index (κ3) is 3.20. The molecule has 1 aromatic heterocycles. The average Bonchev–Trinajstić information content (AvgIpc) is 2.47. The van der Waals surface area contributed by atoms with Gasteiger partial charge in [-0.3, -0.25) is 14.7 Å². The number of Topliss-reactive ketones (excluding diaryl/α,β-unsaturated/α-hetero) is 1. The summed E-state index contributed by atoms with van der Waals surface area (Å²) in [7, 11) is 1.67. The molecule has 0 aliphatic rings. The lowest BCUT2D eigenvalue weighted by Gasteiger charge is -2.18. The van der Waals surface area contributed by atoms with Crippen LogP contribution in [0.3, 0.4) is 0 Å². The minimum Gasteiger partial charge on any atom is -0.308 e. The number of carbonyl (C=O) groups excluding carboxylic acids is 2. The highest BCUT2D eigenvalue weighted by atomic mass is 16.2. The number of hydrogen-bond donors (Lipinski definition) is 1. The van der Waals surface area contributed by atoms with Gasteiger partial charge in [0.15, 0.2) is 5.78 Å². The average molecular weight is 269 g/mol. The Balaban J connectivity index is 2.12. The minimum absolute atomic E-state index is 0.0383. The number of aromatic nitrogens is 1. The molecule has 1 heterocycles. The summed E-state index contributed by atoms with van der Waals surface area (Å²) >= 11 is 0. The highest BCUT2D eigenvalue weighted by Gasteiger charge is 2.11. The minimum atomic E-state index is -0.281. The van der Waals surface area contributed by atoms with E-state index in [0.29, 0.717) is 11.3 Å². The summed E-state index contributed by atoms with van der Waals surface area (Å²) in [6.07, 6.45) is 3.24. The summed E-state index contributed by atoms with van der Waals surface area (Å²) in [5, 5.41) is 2.75. The van der Waals surface area contributed by atoms with Crippen molar-refractivity contribution in [2.75, 3.05) is 17.3 Å². The maximum absolute atomic E-state index is 12.1. The molecule has 5 nitrogen and oxygen atoms in total. The zero-order valence-electron chi connectivity index (χ0n) is 11.3. The summed E-state index contributed by atoms with van der Waals surface area (Å²) in [5.41, 5.74) is 1.89. The zero-order chi connectivity index (χ0) is 14.5. The van der Waals surface area contributed by atoms with Crippen LogP contribution in [-0.4, -0.2) is 23.8 Å². The summed E-state index contributed by atoms with van der Waals surface area (Å²) in [6, 6.07) is 10.0. The van der Waals surface area contributed by atoms with E-state index in [4.69, 9.17) is 0 Å². The van der Waals surface area contributed by atoms with E-state index in [1.165, 1.54) is 11.8 Å². The van der Waals surface area contributed by atoms with E-state index in [0.717, 1.165) is 5.69 Å². The molecule has 0 atom stereocenters. The second-order valence-electron chi connectivity index (χ2n) is 4.33. The van der Waals surface area contributed by atoms with E-state index >= 15 is 0 Å². The Morgan fingerprint density at radius 2 is 1.85 bits per heavy atom. The van der Waals surface area contributed by atoms with Crippen LogP contribution in [0.4, 0.5) is 16.2 Å². The molecule has 2 rings (SSSR count). The number of nitrogens with zero attached hydrogens (tertiary/aromatic N) is 2. The van der Waals surface area contributed by atoms with Crippen molar-refractivity contribution in [3.8, 4) is 0 Å². The molecule has 0 saturated carbocycles. The van der Waals surface area contributed by atoms with E-state index in [2.05, 4.69) is 10.3 Å². The van der Waals surface area contributed by atoms with Crippen LogP contribution < -0.4 is 10.2 Å². The van der Waals surface area contributed by atoms with Crippen molar-refractivity contribution >= 4 is 23.2 Å². The number of pyridine rings is 1. The molecule has 0 radical (unpaired) electrons. The Morgan fingerprint density at radius 1 is 1.15 bits per heavy atom. The van der Waals surface area contributed by atoms with Gasteiger partial charge in [-0.1, -0.05) is 12.1 Å². The zero-order valence-corrected chi connectivity index (χ0v) is 11.3. The molecule has 1 aromatic carbocycles. The second kappa shape index (κ2) is 5.97. The van der Waals surface area contributed by atoms with Crippen LogP contribution in [0.1, 0.15) is 17.3 Å². The van der Waals surface area contributed by atoms with Gasteiger partial charge < -0.3 is 5.32 Å². The molecule has 0 aliphatic carbocycles. The maximum Gasteiger partial charge on any atom is 0.326 e. The van der Waals surface area contributed by atoms with Gasteiger partial charge in [-0.15, -0.1) is 0 Å². The molecule has 102 valence electrons. The van der Waals surface area contributed by atoms with Gasteiger partial charge in [0.05, 0.1) is 0 Å². The van der Waals surface area contributed by atoms with Gasteiger partial charge >= 0.3 is 6.03 Å². The van der Waals surface area contributed by atoms with E-state index < -0.39 is 0 Å². The molecule has 1 N–H and O–H groups in total. The second-order valence-corrected chi connectivity index (χ2v) is 4.33. The molecular weight excluding hydrogens is 254 g/mol. The summed E-state index contributed by atoms with van der Waals surface area (Å²) < 4.78 is 0. The Hall–Kier alpha value is -2.69. The third-order valence-electron chi connectivity index (χ3n) is 2.88. The Labute approximate surface area is 117 Å². The lowest BCUT2D eigenvalue weighted by molar-refractivity contribution is 0.101. The van der Waals surface area contributed by atoms with E-state index in [1.807, 2.05) is 0 Å². The number of urea groups is 1. The summed E-state index contributed by atoms with van der Waals surface area (Å²) in [6.45, 7) is 1.49. The molecular formula is C15H15N3O2. The third-order valence-corrected chi connectivity index (χ3v) is 2.88. The van der Waals surface area contributed by atoms with Crippen molar-refractivity contribution in [3.63, 3.8) is 0 Å².